The first-order chi connectivity index (χ1) is 9.02. The highest BCUT2D eigenvalue weighted by Crippen LogP contribution is 2.26. The van der Waals surface area contributed by atoms with Crippen molar-refractivity contribution in [2.24, 2.45) is 0 Å². The van der Waals surface area contributed by atoms with Crippen LogP contribution in [-0.2, 0) is 4.74 Å². The Hall–Kier alpha value is -1.28. The van der Waals surface area contributed by atoms with E-state index in [1.807, 2.05) is 6.26 Å². The summed E-state index contributed by atoms with van der Waals surface area (Å²) in [4.78, 5) is 0. The van der Waals surface area contributed by atoms with Crippen LogP contribution in [0.3, 0.4) is 0 Å². The molecule has 104 valence electrons. The fraction of sp³-hybridized carbons (Fsp3) is 0.412. The second-order valence-corrected chi connectivity index (χ2v) is 8.48. The van der Waals surface area contributed by atoms with E-state index in [2.05, 4.69) is 69.9 Å². The summed E-state index contributed by atoms with van der Waals surface area (Å²) in [5.74, 6) is 0.933. The summed E-state index contributed by atoms with van der Waals surface area (Å²) in [5, 5.41) is 0. The van der Waals surface area contributed by atoms with Crippen LogP contribution in [0.1, 0.15) is 43.7 Å². The van der Waals surface area contributed by atoms with Gasteiger partial charge in [0.25, 0.3) is 0 Å². The Morgan fingerprint density at radius 1 is 1.00 bits per heavy atom. The zero-order chi connectivity index (χ0) is 14.3. The van der Waals surface area contributed by atoms with Crippen LogP contribution in [0, 0.1) is 0 Å². The minimum Gasteiger partial charge on any atom is -0.474 e. The molecule has 1 nitrogen and oxygen atoms in total. The van der Waals surface area contributed by atoms with E-state index in [0.29, 0.717) is 11.8 Å². The van der Waals surface area contributed by atoms with E-state index >= 15 is 0 Å². The van der Waals surface area contributed by atoms with Crippen LogP contribution in [0.15, 0.2) is 48.6 Å². The molecule has 0 saturated heterocycles. The van der Waals surface area contributed by atoms with Gasteiger partial charge in [0, 0.05) is 5.92 Å². The van der Waals surface area contributed by atoms with E-state index < -0.39 is 8.80 Å². The average molecular weight is 274 g/mol. The number of hydrogen-bond acceptors (Lipinski definition) is 1. The quantitative estimate of drug-likeness (QED) is 0.525. The number of rotatable bonds is 6. The molecule has 1 rings (SSSR count). The highest BCUT2D eigenvalue weighted by molar-refractivity contribution is 6.61. The van der Waals surface area contributed by atoms with Crippen molar-refractivity contribution in [2.45, 2.75) is 45.7 Å². The molecule has 19 heavy (non-hydrogen) atoms. The molecule has 0 amide bonds. The molecule has 2 heteroatoms. The second kappa shape index (κ2) is 8.00. The van der Waals surface area contributed by atoms with Crippen molar-refractivity contribution in [1.29, 1.82) is 0 Å². The Labute approximate surface area is 119 Å². The van der Waals surface area contributed by atoms with Gasteiger partial charge in [-0.15, -0.1) is 0 Å². The Morgan fingerprint density at radius 3 is 2.21 bits per heavy atom. The van der Waals surface area contributed by atoms with Crippen LogP contribution in [0.25, 0.3) is 0 Å². The molecule has 1 aromatic carbocycles. The van der Waals surface area contributed by atoms with Crippen LogP contribution in [0.5, 0.6) is 0 Å². The Balaban J connectivity index is 2.68. The first kappa shape index (κ1) is 15.8. The third kappa shape index (κ3) is 5.47. The normalized spacial score (nSPS) is 13.8. The molecule has 0 N–H and O–H groups in total. The van der Waals surface area contributed by atoms with Gasteiger partial charge >= 0.3 is 0 Å². The minimum absolute atomic E-state index is 0.378. The number of ether oxygens (including phenoxy) is 1. The molecular formula is C17H26OSi. The van der Waals surface area contributed by atoms with Gasteiger partial charge in [0.05, 0.1) is 21.3 Å². The maximum atomic E-state index is 5.41. The van der Waals surface area contributed by atoms with E-state index in [9.17, 15) is 0 Å². The lowest BCUT2D eigenvalue weighted by Gasteiger charge is -2.15. The highest BCUT2D eigenvalue weighted by atomic mass is 28.3. The van der Waals surface area contributed by atoms with Crippen LogP contribution < -0.4 is 0 Å². The van der Waals surface area contributed by atoms with Crippen molar-refractivity contribution < 1.29 is 4.74 Å². The first-order valence-corrected chi connectivity index (χ1v) is 10.1. The first-order valence-electron chi connectivity index (χ1n) is 7.10. The lowest BCUT2D eigenvalue weighted by Crippen LogP contribution is -1.98. The smallest absolute Gasteiger partial charge is 0.0867 e. The maximum absolute atomic E-state index is 5.41. The Kier molecular flexibility index (Phi) is 6.64. The van der Waals surface area contributed by atoms with E-state index in [4.69, 9.17) is 4.74 Å². The SMILES string of the molecule is CC(C)c1ccccc1C(C)C=COC=C[SiH](C)C. The van der Waals surface area contributed by atoms with Gasteiger partial charge in [-0.2, -0.15) is 0 Å². The molecule has 1 unspecified atom stereocenters. The third-order valence-electron chi connectivity index (χ3n) is 3.10. The Morgan fingerprint density at radius 2 is 1.63 bits per heavy atom. The molecule has 0 aliphatic carbocycles. The maximum Gasteiger partial charge on any atom is 0.0867 e. The molecule has 0 spiro atoms. The van der Waals surface area contributed by atoms with Crippen LogP contribution in [0.2, 0.25) is 13.1 Å². The molecule has 0 saturated carbocycles. The second-order valence-electron chi connectivity index (χ2n) is 5.61. The average Bonchev–Trinajstić information content (AvgIpc) is 2.37. The van der Waals surface area contributed by atoms with Gasteiger partial charge in [0.15, 0.2) is 0 Å². The van der Waals surface area contributed by atoms with Crippen molar-refractivity contribution in [3.63, 3.8) is 0 Å². The highest BCUT2D eigenvalue weighted by Gasteiger charge is 2.09. The van der Waals surface area contributed by atoms with Crippen molar-refractivity contribution in [3.8, 4) is 0 Å². The summed E-state index contributed by atoms with van der Waals surface area (Å²) in [5.41, 5.74) is 4.99. The van der Waals surface area contributed by atoms with E-state index in [0.717, 1.165) is 0 Å². The van der Waals surface area contributed by atoms with Gasteiger partial charge in [-0.25, -0.2) is 0 Å². The standard InChI is InChI=1S/C17H26OSi/c1-14(2)16-8-6-7-9-17(16)15(3)10-11-18-12-13-19(4)5/h6-15,19H,1-5H3. The summed E-state index contributed by atoms with van der Waals surface area (Å²) in [6.07, 6.45) is 5.73. The van der Waals surface area contributed by atoms with Crippen molar-refractivity contribution in [2.75, 3.05) is 0 Å². The zero-order valence-corrected chi connectivity index (χ0v) is 13.9. The predicted octanol–water partition coefficient (Wildman–Crippen LogP) is 4.98. The molecule has 0 aromatic heterocycles. The fourth-order valence-corrected chi connectivity index (χ4v) is 2.37. The van der Waals surface area contributed by atoms with Crippen LogP contribution in [0.4, 0.5) is 0 Å². The molecule has 0 radical (unpaired) electrons. The van der Waals surface area contributed by atoms with Crippen molar-refractivity contribution >= 4 is 8.80 Å². The van der Waals surface area contributed by atoms with Crippen LogP contribution >= 0.6 is 0 Å². The van der Waals surface area contributed by atoms with Crippen molar-refractivity contribution in [3.05, 3.63) is 59.7 Å². The molecule has 0 aliphatic heterocycles. The fourth-order valence-electron chi connectivity index (χ4n) is 1.97. The monoisotopic (exact) mass is 274 g/mol. The summed E-state index contributed by atoms with van der Waals surface area (Å²) in [7, 11) is -0.658. The largest absolute Gasteiger partial charge is 0.474 e. The molecule has 1 atom stereocenters. The molecule has 0 bridgehead atoms. The van der Waals surface area contributed by atoms with Gasteiger partial charge < -0.3 is 4.74 Å². The number of allylic oxidation sites excluding steroid dienone is 1. The molecule has 0 aliphatic rings. The van der Waals surface area contributed by atoms with Gasteiger partial charge in [0.1, 0.15) is 0 Å². The summed E-state index contributed by atoms with van der Waals surface area (Å²) >= 11 is 0. The van der Waals surface area contributed by atoms with E-state index in [-0.39, 0.29) is 0 Å². The predicted molar refractivity (Wildman–Crippen MR) is 87.2 cm³/mol. The lowest BCUT2D eigenvalue weighted by molar-refractivity contribution is 0.400. The van der Waals surface area contributed by atoms with Crippen molar-refractivity contribution in [1.82, 2.24) is 0 Å². The molecule has 0 fully saturated rings. The zero-order valence-electron chi connectivity index (χ0n) is 12.8. The third-order valence-corrected chi connectivity index (χ3v) is 4.02. The van der Waals surface area contributed by atoms with Gasteiger partial charge in [-0.3, -0.25) is 0 Å². The molecule has 0 heterocycles. The van der Waals surface area contributed by atoms with Gasteiger partial charge in [0.2, 0.25) is 0 Å². The molecule has 1 aromatic rings. The minimum atomic E-state index is -0.658. The Bertz CT molecular complexity index is 433. The molecular weight excluding hydrogens is 248 g/mol. The summed E-state index contributed by atoms with van der Waals surface area (Å²) in [6, 6.07) is 8.65. The summed E-state index contributed by atoms with van der Waals surface area (Å²) in [6.45, 7) is 11.2. The van der Waals surface area contributed by atoms with Crippen LogP contribution in [-0.4, -0.2) is 8.80 Å². The van der Waals surface area contributed by atoms with E-state index in [1.165, 1.54) is 11.1 Å². The van der Waals surface area contributed by atoms with Gasteiger partial charge in [-0.1, -0.05) is 63.8 Å². The summed E-state index contributed by atoms with van der Waals surface area (Å²) < 4.78 is 5.41. The number of benzene rings is 1. The van der Waals surface area contributed by atoms with E-state index in [1.54, 1.807) is 6.26 Å². The number of hydrogen-bond donors (Lipinski definition) is 0. The van der Waals surface area contributed by atoms with Gasteiger partial charge in [-0.05, 0) is 23.1 Å². The lowest BCUT2D eigenvalue weighted by atomic mass is 9.90. The topological polar surface area (TPSA) is 9.23 Å².